The van der Waals surface area contributed by atoms with Crippen molar-refractivity contribution in [3.63, 3.8) is 0 Å². The number of nitrogens with zero attached hydrogens (tertiary/aromatic N) is 1. The number of rotatable bonds is 1. The molecule has 0 radical (unpaired) electrons. The number of fused-ring (bicyclic) bond motifs is 4. The van der Waals surface area contributed by atoms with E-state index in [9.17, 15) is 4.79 Å². The van der Waals surface area contributed by atoms with E-state index in [1.54, 1.807) is 0 Å². The highest BCUT2D eigenvalue weighted by molar-refractivity contribution is 6.93. The summed E-state index contributed by atoms with van der Waals surface area (Å²) in [4.78, 5) is 12.2. The van der Waals surface area contributed by atoms with Crippen LogP contribution in [0.1, 0.15) is 12.5 Å². The van der Waals surface area contributed by atoms with Crippen molar-refractivity contribution in [2.75, 3.05) is 0 Å². The second-order valence-corrected chi connectivity index (χ2v) is 5.06. The van der Waals surface area contributed by atoms with Crippen LogP contribution in [0.25, 0.3) is 0 Å². The van der Waals surface area contributed by atoms with E-state index in [0.29, 0.717) is 11.5 Å². The molecule has 0 saturated carbocycles. The smallest absolute Gasteiger partial charge is 0.616 e. The molecule has 0 bridgehead atoms. The van der Waals surface area contributed by atoms with Crippen LogP contribution >= 0.6 is 0 Å². The van der Waals surface area contributed by atoms with Crippen molar-refractivity contribution in [3.8, 4) is 11.5 Å². The van der Waals surface area contributed by atoms with Gasteiger partial charge in [0.15, 0.2) is 5.69 Å². The summed E-state index contributed by atoms with van der Waals surface area (Å²) in [5, 5.41) is 0. The van der Waals surface area contributed by atoms with Crippen molar-refractivity contribution in [3.05, 3.63) is 54.1 Å². The number of carbonyl (C=O) groups is 1. The monoisotopic (exact) mass is 265 g/mol. The fraction of sp³-hybridized carbons (Fsp3) is 0.0667. The summed E-state index contributed by atoms with van der Waals surface area (Å²) in [6, 6.07) is 15.2. The van der Waals surface area contributed by atoms with Gasteiger partial charge in [0.2, 0.25) is 0 Å². The Morgan fingerprint density at radius 3 is 2.45 bits per heavy atom. The molecule has 0 aliphatic carbocycles. The fourth-order valence-corrected chi connectivity index (χ4v) is 2.81. The lowest BCUT2D eigenvalue weighted by atomic mass is 9.65. The van der Waals surface area contributed by atoms with Crippen LogP contribution in [0.15, 0.2) is 48.5 Å². The molecule has 4 rings (SSSR count). The second kappa shape index (κ2) is 3.73. The highest BCUT2D eigenvalue weighted by atomic mass is 16.6. The molecule has 0 saturated heterocycles. The summed E-state index contributed by atoms with van der Waals surface area (Å²) in [7, 11) is 0. The summed E-state index contributed by atoms with van der Waals surface area (Å²) < 4.78 is 13.7. The molecule has 0 fully saturated rings. The van der Waals surface area contributed by atoms with Gasteiger partial charge < -0.3 is 18.6 Å². The van der Waals surface area contributed by atoms with E-state index in [4.69, 9.17) is 9.31 Å². The van der Waals surface area contributed by atoms with Crippen molar-refractivity contribution >= 4 is 24.3 Å². The molecular weight excluding hydrogens is 253 g/mol. The van der Waals surface area contributed by atoms with E-state index < -0.39 is 6.69 Å². The predicted octanol–water partition coefficient (Wildman–Crippen LogP) is 2.30. The van der Waals surface area contributed by atoms with E-state index >= 15 is 0 Å². The van der Waals surface area contributed by atoms with Gasteiger partial charge in [0.05, 0.1) is 11.3 Å². The van der Waals surface area contributed by atoms with Crippen molar-refractivity contribution in [1.82, 2.24) is 0 Å². The number of para-hydroxylation sites is 3. The van der Waals surface area contributed by atoms with Crippen LogP contribution in [0, 0.1) is 0 Å². The van der Waals surface area contributed by atoms with Crippen LogP contribution in [0.4, 0.5) is 5.69 Å². The van der Waals surface area contributed by atoms with Gasteiger partial charge in [-0.25, -0.2) is 0 Å². The Bertz CT molecular complexity index is 765. The van der Waals surface area contributed by atoms with Gasteiger partial charge in [0, 0.05) is 6.07 Å². The van der Waals surface area contributed by atoms with Gasteiger partial charge in [-0.3, -0.25) is 0 Å². The third kappa shape index (κ3) is 1.32. The molecule has 2 aliphatic rings. The van der Waals surface area contributed by atoms with E-state index in [2.05, 4.69) is 0 Å². The third-order valence-corrected chi connectivity index (χ3v) is 3.79. The first kappa shape index (κ1) is 11.3. The molecule has 4 nitrogen and oxygen atoms in total. The first-order chi connectivity index (χ1) is 9.71. The van der Waals surface area contributed by atoms with E-state index in [1.165, 1.54) is 6.92 Å². The summed E-state index contributed by atoms with van der Waals surface area (Å²) >= 11 is 0. The number of hydrogen-bond donors (Lipinski definition) is 0. The van der Waals surface area contributed by atoms with Gasteiger partial charge in [-0.05, 0) is 25.1 Å². The Morgan fingerprint density at radius 2 is 1.65 bits per heavy atom. The Morgan fingerprint density at radius 1 is 1.00 bits per heavy atom. The summed E-state index contributed by atoms with van der Waals surface area (Å²) in [5.74, 6) is 1.35. The van der Waals surface area contributed by atoms with Crippen molar-refractivity contribution in [2.24, 2.45) is 0 Å². The lowest BCUT2D eigenvalue weighted by Gasteiger charge is -2.32. The van der Waals surface area contributed by atoms with Crippen LogP contribution in [-0.4, -0.2) is 23.1 Å². The molecule has 0 aromatic heterocycles. The van der Waals surface area contributed by atoms with Crippen molar-refractivity contribution in [1.29, 1.82) is 0 Å². The zero-order chi connectivity index (χ0) is 13.7. The molecule has 2 aromatic rings. The summed E-state index contributed by atoms with van der Waals surface area (Å²) in [6.45, 7) is -0.694. The third-order valence-electron chi connectivity index (χ3n) is 3.79. The maximum atomic E-state index is 12.2. The van der Waals surface area contributed by atoms with E-state index in [0.717, 1.165) is 11.3 Å². The zero-order valence-corrected chi connectivity index (χ0v) is 10.9. The molecule has 2 aliphatic heterocycles. The average molecular weight is 265 g/mol. The van der Waals surface area contributed by atoms with Gasteiger partial charge in [-0.15, -0.1) is 0 Å². The molecule has 2 heterocycles. The van der Waals surface area contributed by atoms with Crippen LogP contribution in [0.2, 0.25) is 0 Å². The van der Waals surface area contributed by atoms with Gasteiger partial charge >= 0.3 is 6.69 Å². The van der Waals surface area contributed by atoms with Crippen LogP contribution < -0.4 is 9.31 Å². The molecule has 5 heteroatoms. The van der Waals surface area contributed by atoms with E-state index in [1.807, 2.05) is 59.2 Å². The molecule has 0 spiro atoms. The van der Waals surface area contributed by atoms with E-state index in [-0.39, 0.29) is 5.68 Å². The topological polar surface area (TPSA) is 38.5 Å². The largest absolute Gasteiger partial charge is 0.719 e. The number of benzene rings is 2. The van der Waals surface area contributed by atoms with Crippen LogP contribution in [0.3, 0.4) is 0 Å². The second-order valence-electron chi connectivity index (χ2n) is 5.06. The quantitative estimate of drug-likeness (QED) is 0.742. The minimum Gasteiger partial charge on any atom is -0.616 e. The standard InChI is InChI=1S/C15H12BNO3/c1-11(18)16-17(13-7-3-5-9-15(13)20-16)10-12-6-2-4-8-14(12)19-16/h2-10H,1H3. The minimum atomic E-state index is -2.19. The van der Waals surface area contributed by atoms with Crippen molar-refractivity contribution < 1.29 is 18.6 Å². The summed E-state index contributed by atoms with van der Waals surface area (Å²) in [5.41, 5.74) is 1.66. The molecule has 2 aromatic carbocycles. The Hall–Kier alpha value is -2.56. The van der Waals surface area contributed by atoms with Crippen molar-refractivity contribution in [2.45, 2.75) is 6.92 Å². The van der Waals surface area contributed by atoms with Gasteiger partial charge in [0.1, 0.15) is 17.6 Å². The normalized spacial score (nSPS) is 21.8. The van der Waals surface area contributed by atoms with Gasteiger partial charge in [0.25, 0.3) is 0 Å². The Labute approximate surface area is 116 Å². The fourth-order valence-electron chi connectivity index (χ4n) is 2.81. The first-order valence-electron chi connectivity index (χ1n) is 6.56. The molecule has 0 amide bonds. The summed E-state index contributed by atoms with van der Waals surface area (Å²) in [6.07, 6.45) is 1.92. The molecule has 1 unspecified atom stereocenters. The molecule has 20 heavy (non-hydrogen) atoms. The maximum absolute atomic E-state index is 12.2. The van der Waals surface area contributed by atoms with Gasteiger partial charge in [-0.1, -0.05) is 24.3 Å². The zero-order valence-electron chi connectivity index (χ0n) is 10.9. The lowest BCUT2D eigenvalue weighted by Crippen LogP contribution is -2.62. The number of hydrogen-bond acceptors (Lipinski definition) is 3. The first-order valence-corrected chi connectivity index (χ1v) is 6.56. The maximum Gasteiger partial charge on any atom is 0.719 e. The molecule has 1 atom stereocenters. The highest BCUT2D eigenvalue weighted by Gasteiger charge is 2.60. The lowest BCUT2D eigenvalue weighted by molar-refractivity contribution is -0.314. The van der Waals surface area contributed by atoms with Gasteiger partial charge in [-0.2, -0.15) is 0 Å². The Kier molecular flexibility index (Phi) is 2.10. The average Bonchev–Trinajstić information content (AvgIpc) is 2.79. The minimum absolute atomic E-state index is 0.132. The Balaban J connectivity index is 2.00. The van der Waals surface area contributed by atoms with Crippen LogP contribution in [-0.2, 0) is 4.79 Å². The SMILES string of the molecule is CC(=O)[B-]12Oc3ccccc3C=[N+]1c1ccccc1O2. The van der Waals surface area contributed by atoms with Crippen LogP contribution in [0.5, 0.6) is 11.5 Å². The predicted molar refractivity (Wildman–Crippen MR) is 75.7 cm³/mol. The molecular formula is C15H12BNO3. The molecule has 0 N–H and O–H groups in total. The number of carbonyl (C=O) groups excluding carboxylic acids is 1. The molecule has 98 valence electrons. The highest BCUT2D eigenvalue weighted by Crippen LogP contribution is 2.41.